The van der Waals surface area contributed by atoms with Crippen molar-refractivity contribution in [1.29, 1.82) is 0 Å². The Bertz CT molecular complexity index is 410. The first kappa shape index (κ1) is 13.2. The fourth-order valence-corrected chi connectivity index (χ4v) is 1.38. The van der Waals surface area contributed by atoms with E-state index in [1.165, 1.54) is 7.11 Å². The van der Waals surface area contributed by atoms with E-state index in [9.17, 15) is 9.59 Å². The van der Waals surface area contributed by atoms with E-state index in [0.717, 1.165) is 0 Å². The van der Waals surface area contributed by atoms with Gasteiger partial charge in [-0.25, -0.2) is 4.79 Å². The molecule has 1 aromatic rings. The third-order valence-electron chi connectivity index (χ3n) is 2.10. The molecule has 0 bridgehead atoms. The molecule has 0 unspecified atom stereocenters. The smallest absolute Gasteiger partial charge is 0.374 e. The standard InChI is InChI=1S/C13H16O4/c1-9(2)17-12-7-5-4-6-10(12)8-11(14)13(15)16-3/h4-7,9H,8H2,1-3H3. The molecule has 0 aliphatic heterocycles. The topological polar surface area (TPSA) is 52.6 Å². The lowest BCUT2D eigenvalue weighted by Crippen LogP contribution is -2.18. The van der Waals surface area contributed by atoms with Crippen molar-refractivity contribution in [2.24, 2.45) is 0 Å². The van der Waals surface area contributed by atoms with E-state index >= 15 is 0 Å². The number of hydrogen-bond donors (Lipinski definition) is 0. The van der Waals surface area contributed by atoms with Gasteiger partial charge in [-0.1, -0.05) is 18.2 Å². The number of hydrogen-bond acceptors (Lipinski definition) is 4. The summed E-state index contributed by atoms with van der Waals surface area (Å²) in [5.41, 5.74) is 0.691. The fraction of sp³-hybridized carbons (Fsp3) is 0.385. The monoisotopic (exact) mass is 236 g/mol. The van der Waals surface area contributed by atoms with Crippen LogP contribution in [0.3, 0.4) is 0 Å². The third kappa shape index (κ3) is 3.90. The normalized spacial score (nSPS) is 10.1. The quantitative estimate of drug-likeness (QED) is 0.577. The number of ketones is 1. The maximum atomic E-state index is 11.5. The number of ether oxygens (including phenoxy) is 2. The van der Waals surface area contributed by atoms with E-state index in [1.807, 2.05) is 19.9 Å². The number of methoxy groups -OCH3 is 1. The maximum absolute atomic E-state index is 11.5. The van der Waals surface area contributed by atoms with Crippen LogP contribution >= 0.6 is 0 Å². The second-order valence-corrected chi connectivity index (χ2v) is 3.87. The Morgan fingerprint density at radius 2 is 1.88 bits per heavy atom. The van der Waals surface area contributed by atoms with Gasteiger partial charge in [-0.3, -0.25) is 4.79 Å². The Morgan fingerprint density at radius 1 is 1.24 bits per heavy atom. The molecule has 0 heterocycles. The molecule has 92 valence electrons. The first-order valence-corrected chi connectivity index (χ1v) is 5.40. The molecule has 0 aliphatic rings. The van der Waals surface area contributed by atoms with E-state index in [4.69, 9.17) is 4.74 Å². The Labute approximate surface area is 101 Å². The van der Waals surface area contributed by atoms with Crippen LogP contribution in [0.2, 0.25) is 0 Å². The van der Waals surface area contributed by atoms with E-state index in [1.54, 1.807) is 18.2 Å². The Kier molecular flexibility index (Phi) is 4.69. The highest BCUT2D eigenvalue weighted by atomic mass is 16.5. The van der Waals surface area contributed by atoms with Crippen molar-refractivity contribution in [1.82, 2.24) is 0 Å². The SMILES string of the molecule is COC(=O)C(=O)Cc1ccccc1OC(C)C. The molecule has 0 saturated carbocycles. The Balaban J connectivity index is 2.83. The van der Waals surface area contributed by atoms with Crippen LogP contribution in [0.4, 0.5) is 0 Å². The second kappa shape index (κ2) is 6.03. The van der Waals surface area contributed by atoms with Crippen LogP contribution in [0.5, 0.6) is 5.75 Å². The summed E-state index contributed by atoms with van der Waals surface area (Å²) in [6, 6.07) is 7.16. The van der Waals surface area contributed by atoms with Gasteiger partial charge >= 0.3 is 5.97 Å². The number of Topliss-reactive ketones (excluding diaryl/α,β-unsaturated/α-hetero) is 1. The Hall–Kier alpha value is -1.84. The third-order valence-corrected chi connectivity index (χ3v) is 2.10. The van der Waals surface area contributed by atoms with Gasteiger partial charge in [0, 0.05) is 12.0 Å². The summed E-state index contributed by atoms with van der Waals surface area (Å²) in [5.74, 6) is -0.781. The molecule has 4 heteroatoms. The predicted octanol–water partition coefficient (Wildman–Crippen LogP) is 1.76. The van der Waals surface area contributed by atoms with E-state index < -0.39 is 11.8 Å². The number of carbonyl (C=O) groups is 2. The molecule has 4 nitrogen and oxygen atoms in total. The predicted molar refractivity (Wildman–Crippen MR) is 62.9 cm³/mol. The van der Waals surface area contributed by atoms with Crippen LogP contribution in [-0.2, 0) is 20.7 Å². The highest BCUT2D eigenvalue weighted by molar-refractivity contribution is 6.34. The highest BCUT2D eigenvalue weighted by Crippen LogP contribution is 2.20. The summed E-state index contributed by atoms with van der Waals surface area (Å²) in [6.45, 7) is 3.80. The van der Waals surface area contributed by atoms with Crippen molar-refractivity contribution < 1.29 is 19.1 Å². The van der Waals surface area contributed by atoms with Crippen molar-refractivity contribution >= 4 is 11.8 Å². The van der Waals surface area contributed by atoms with Crippen LogP contribution in [0, 0.1) is 0 Å². The first-order chi connectivity index (χ1) is 8.04. The summed E-state index contributed by atoms with van der Waals surface area (Å²) in [5, 5.41) is 0. The molecule has 0 N–H and O–H groups in total. The van der Waals surface area contributed by atoms with Gasteiger partial charge in [0.15, 0.2) is 0 Å². The lowest BCUT2D eigenvalue weighted by molar-refractivity contribution is -0.151. The van der Waals surface area contributed by atoms with Crippen LogP contribution in [0.1, 0.15) is 19.4 Å². The van der Waals surface area contributed by atoms with Crippen molar-refractivity contribution in [3.05, 3.63) is 29.8 Å². The molecule has 0 spiro atoms. The molecular formula is C13H16O4. The van der Waals surface area contributed by atoms with E-state index in [0.29, 0.717) is 11.3 Å². The number of para-hydroxylation sites is 1. The maximum Gasteiger partial charge on any atom is 0.374 e. The summed E-state index contributed by atoms with van der Waals surface area (Å²) in [4.78, 5) is 22.5. The molecule has 0 fully saturated rings. The van der Waals surface area contributed by atoms with Crippen molar-refractivity contribution in [2.45, 2.75) is 26.4 Å². The molecular weight excluding hydrogens is 220 g/mol. The van der Waals surface area contributed by atoms with Crippen LogP contribution in [-0.4, -0.2) is 25.0 Å². The van der Waals surface area contributed by atoms with Crippen molar-refractivity contribution in [3.63, 3.8) is 0 Å². The molecule has 1 aromatic carbocycles. The molecule has 0 saturated heterocycles. The summed E-state index contributed by atoms with van der Waals surface area (Å²) in [7, 11) is 1.19. The lowest BCUT2D eigenvalue weighted by Gasteiger charge is -2.13. The summed E-state index contributed by atoms with van der Waals surface area (Å²) < 4.78 is 9.93. The number of esters is 1. The second-order valence-electron chi connectivity index (χ2n) is 3.87. The molecule has 0 amide bonds. The minimum atomic E-state index is -0.829. The average Bonchev–Trinajstić information content (AvgIpc) is 2.29. The van der Waals surface area contributed by atoms with Gasteiger partial charge < -0.3 is 9.47 Å². The van der Waals surface area contributed by atoms with Gasteiger partial charge in [0.05, 0.1) is 13.2 Å². The molecule has 0 aliphatic carbocycles. The average molecular weight is 236 g/mol. The van der Waals surface area contributed by atoms with Crippen LogP contribution in [0.15, 0.2) is 24.3 Å². The van der Waals surface area contributed by atoms with Gasteiger partial charge in [-0.2, -0.15) is 0 Å². The summed E-state index contributed by atoms with van der Waals surface area (Å²) in [6.07, 6.45) is 0.0135. The molecule has 0 aromatic heterocycles. The molecule has 17 heavy (non-hydrogen) atoms. The van der Waals surface area contributed by atoms with Crippen LogP contribution < -0.4 is 4.74 Å². The van der Waals surface area contributed by atoms with Crippen molar-refractivity contribution in [2.75, 3.05) is 7.11 Å². The minimum Gasteiger partial charge on any atom is -0.491 e. The Morgan fingerprint density at radius 3 is 2.47 bits per heavy atom. The lowest BCUT2D eigenvalue weighted by atomic mass is 10.1. The molecule has 0 atom stereocenters. The van der Waals surface area contributed by atoms with Crippen LogP contribution in [0.25, 0.3) is 0 Å². The fourth-order valence-electron chi connectivity index (χ4n) is 1.38. The number of benzene rings is 1. The van der Waals surface area contributed by atoms with Gasteiger partial charge in [0.1, 0.15) is 5.75 Å². The zero-order valence-electron chi connectivity index (χ0n) is 10.2. The van der Waals surface area contributed by atoms with E-state index in [2.05, 4.69) is 4.74 Å². The van der Waals surface area contributed by atoms with Gasteiger partial charge in [-0.15, -0.1) is 0 Å². The van der Waals surface area contributed by atoms with Gasteiger partial charge in [0.25, 0.3) is 0 Å². The van der Waals surface area contributed by atoms with Crippen molar-refractivity contribution in [3.8, 4) is 5.75 Å². The van der Waals surface area contributed by atoms with Gasteiger partial charge in [0.2, 0.25) is 5.78 Å². The molecule has 1 rings (SSSR count). The first-order valence-electron chi connectivity index (χ1n) is 5.40. The number of carbonyl (C=O) groups excluding carboxylic acids is 2. The minimum absolute atomic E-state index is 0.00440. The summed E-state index contributed by atoms with van der Waals surface area (Å²) >= 11 is 0. The zero-order valence-corrected chi connectivity index (χ0v) is 10.2. The van der Waals surface area contributed by atoms with Gasteiger partial charge in [-0.05, 0) is 19.9 Å². The van der Waals surface area contributed by atoms with E-state index in [-0.39, 0.29) is 12.5 Å². The highest BCUT2D eigenvalue weighted by Gasteiger charge is 2.17. The zero-order chi connectivity index (χ0) is 12.8. The number of rotatable bonds is 5. The largest absolute Gasteiger partial charge is 0.491 e. The molecule has 0 radical (unpaired) electrons.